The molecule has 0 aromatic rings. The largest absolute Gasteiger partial charge is 0.394 e. The first-order valence-electron chi connectivity index (χ1n) is 7.75. The van der Waals surface area contributed by atoms with Crippen molar-refractivity contribution < 1.29 is 19.3 Å². The molecule has 0 aliphatic carbocycles. The summed E-state index contributed by atoms with van der Waals surface area (Å²) >= 11 is 0. The Kier molecular flexibility index (Phi) is 9.43. The van der Waals surface area contributed by atoms with Gasteiger partial charge in [0.15, 0.2) is 6.29 Å². The lowest BCUT2D eigenvalue weighted by molar-refractivity contribution is -0.0959. The highest BCUT2D eigenvalue weighted by Crippen LogP contribution is 2.17. The normalized spacial score (nSPS) is 24.8. The highest BCUT2D eigenvalue weighted by Gasteiger charge is 2.26. The molecular weight excluding hydrogens is 244 g/mol. The van der Waals surface area contributed by atoms with Crippen molar-refractivity contribution in [2.75, 3.05) is 19.8 Å². The van der Waals surface area contributed by atoms with Gasteiger partial charge in [-0.05, 0) is 13.3 Å². The van der Waals surface area contributed by atoms with E-state index < -0.39 is 0 Å². The Morgan fingerprint density at radius 2 is 1.95 bits per heavy atom. The molecule has 1 fully saturated rings. The summed E-state index contributed by atoms with van der Waals surface area (Å²) in [5.74, 6) is 0. The van der Waals surface area contributed by atoms with Crippen LogP contribution in [0, 0.1) is 0 Å². The molecule has 1 unspecified atom stereocenters. The average molecular weight is 274 g/mol. The number of aliphatic hydroxyl groups is 1. The van der Waals surface area contributed by atoms with Crippen molar-refractivity contribution in [2.24, 2.45) is 0 Å². The van der Waals surface area contributed by atoms with Crippen LogP contribution in [0.4, 0.5) is 0 Å². The van der Waals surface area contributed by atoms with E-state index in [1.54, 1.807) is 0 Å². The first kappa shape index (κ1) is 16.9. The molecule has 0 radical (unpaired) electrons. The molecule has 0 bridgehead atoms. The molecule has 3 atom stereocenters. The lowest BCUT2D eigenvalue weighted by atomic mass is 10.1. The van der Waals surface area contributed by atoms with Crippen molar-refractivity contribution in [2.45, 2.75) is 77.3 Å². The molecule has 1 rings (SSSR count). The van der Waals surface area contributed by atoms with Crippen molar-refractivity contribution >= 4 is 0 Å². The fourth-order valence-electron chi connectivity index (χ4n) is 2.23. The minimum atomic E-state index is -0.211. The average Bonchev–Trinajstić information content (AvgIpc) is 2.85. The lowest BCUT2D eigenvalue weighted by Gasteiger charge is -2.17. The van der Waals surface area contributed by atoms with Gasteiger partial charge in [0, 0.05) is 13.0 Å². The van der Waals surface area contributed by atoms with Crippen LogP contribution in [-0.4, -0.2) is 43.4 Å². The zero-order valence-corrected chi connectivity index (χ0v) is 12.5. The summed E-state index contributed by atoms with van der Waals surface area (Å²) in [5, 5.41) is 8.94. The summed E-state index contributed by atoms with van der Waals surface area (Å²) in [7, 11) is 0. The second-order valence-corrected chi connectivity index (χ2v) is 5.39. The lowest BCUT2D eigenvalue weighted by Crippen LogP contribution is -2.21. The molecule has 1 aliphatic rings. The third kappa shape index (κ3) is 7.88. The number of ether oxygens (including phenoxy) is 3. The Balaban J connectivity index is 1.92. The SMILES string of the molecule is CCCCCCCCOC(C)C[C@H]1OC[C@H](CO)O1. The molecular formula is C15H30O4. The monoisotopic (exact) mass is 274 g/mol. The predicted molar refractivity (Wildman–Crippen MR) is 75.1 cm³/mol. The van der Waals surface area contributed by atoms with E-state index in [4.69, 9.17) is 19.3 Å². The maximum Gasteiger partial charge on any atom is 0.160 e. The van der Waals surface area contributed by atoms with Crippen LogP contribution in [0.3, 0.4) is 0 Å². The second-order valence-electron chi connectivity index (χ2n) is 5.39. The van der Waals surface area contributed by atoms with Crippen LogP contribution in [0.25, 0.3) is 0 Å². The summed E-state index contributed by atoms with van der Waals surface area (Å²) in [4.78, 5) is 0. The maximum absolute atomic E-state index is 8.94. The van der Waals surface area contributed by atoms with Crippen molar-refractivity contribution in [1.82, 2.24) is 0 Å². The van der Waals surface area contributed by atoms with Gasteiger partial charge >= 0.3 is 0 Å². The summed E-state index contributed by atoms with van der Waals surface area (Å²) < 4.78 is 16.7. The summed E-state index contributed by atoms with van der Waals surface area (Å²) in [6, 6.07) is 0. The Morgan fingerprint density at radius 3 is 2.63 bits per heavy atom. The molecule has 0 aromatic heterocycles. The van der Waals surface area contributed by atoms with Gasteiger partial charge < -0.3 is 19.3 Å². The van der Waals surface area contributed by atoms with Crippen LogP contribution in [0.2, 0.25) is 0 Å². The van der Waals surface area contributed by atoms with Crippen LogP contribution < -0.4 is 0 Å². The highest BCUT2D eigenvalue weighted by molar-refractivity contribution is 4.66. The van der Waals surface area contributed by atoms with Crippen LogP contribution in [0.5, 0.6) is 0 Å². The Labute approximate surface area is 117 Å². The van der Waals surface area contributed by atoms with E-state index in [1.807, 2.05) is 0 Å². The second kappa shape index (κ2) is 10.6. The zero-order chi connectivity index (χ0) is 13.9. The minimum absolute atomic E-state index is 0.0312. The summed E-state index contributed by atoms with van der Waals surface area (Å²) in [5.41, 5.74) is 0. The van der Waals surface area contributed by atoms with Gasteiger partial charge in [-0.1, -0.05) is 39.0 Å². The third-order valence-corrected chi connectivity index (χ3v) is 3.44. The van der Waals surface area contributed by atoms with Crippen LogP contribution >= 0.6 is 0 Å². The smallest absolute Gasteiger partial charge is 0.160 e. The number of hydrogen-bond acceptors (Lipinski definition) is 4. The van der Waals surface area contributed by atoms with Crippen molar-refractivity contribution in [3.8, 4) is 0 Å². The molecule has 0 saturated carbocycles. The molecule has 1 saturated heterocycles. The number of unbranched alkanes of at least 4 members (excludes halogenated alkanes) is 5. The Morgan fingerprint density at radius 1 is 1.21 bits per heavy atom. The molecule has 4 nitrogen and oxygen atoms in total. The van der Waals surface area contributed by atoms with E-state index in [2.05, 4.69) is 13.8 Å². The molecule has 0 aromatic carbocycles. The fraction of sp³-hybridized carbons (Fsp3) is 1.00. The quantitative estimate of drug-likeness (QED) is 0.589. The zero-order valence-electron chi connectivity index (χ0n) is 12.5. The maximum atomic E-state index is 8.94. The standard InChI is InChI=1S/C15H30O4/c1-3-4-5-6-7-8-9-17-13(2)10-15-18-12-14(11-16)19-15/h13-16H,3-12H2,1-2H3/t13?,14-,15-/m0/s1. The first-order valence-corrected chi connectivity index (χ1v) is 7.75. The topological polar surface area (TPSA) is 47.9 Å². The van der Waals surface area contributed by atoms with Crippen LogP contribution in [-0.2, 0) is 14.2 Å². The fourth-order valence-corrected chi connectivity index (χ4v) is 2.23. The highest BCUT2D eigenvalue weighted by atomic mass is 16.7. The Hall–Kier alpha value is -0.160. The third-order valence-electron chi connectivity index (χ3n) is 3.44. The van der Waals surface area contributed by atoms with Crippen LogP contribution in [0.15, 0.2) is 0 Å². The number of aliphatic hydroxyl groups excluding tert-OH is 1. The van der Waals surface area contributed by atoms with E-state index in [0.29, 0.717) is 6.61 Å². The van der Waals surface area contributed by atoms with Crippen LogP contribution in [0.1, 0.15) is 58.8 Å². The molecule has 1 aliphatic heterocycles. The van der Waals surface area contributed by atoms with E-state index in [-0.39, 0.29) is 25.1 Å². The van der Waals surface area contributed by atoms with Crippen molar-refractivity contribution in [3.63, 3.8) is 0 Å². The van der Waals surface area contributed by atoms with E-state index in [9.17, 15) is 0 Å². The van der Waals surface area contributed by atoms with E-state index in [0.717, 1.165) is 19.4 Å². The number of rotatable bonds is 11. The van der Waals surface area contributed by atoms with E-state index >= 15 is 0 Å². The first-order chi connectivity index (χ1) is 9.26. The van der Waals surface area contributed by atoms with Gasteiger partial charge in [0.05, 0.1) is 19.3 Å². The van der Waals surface area contributed by atoms with Gasteiger partial charge in [0.25, 0.3) is 0 Å². The molecule has 114 valence electrons. The van der Waals surface area contributed by atoms with Gasteiger partial charge in [0.1, 0.15) is 6.10 Å². The molecule has 19 heavy (non-hydrogen) atoms. The molecule has 1 heterocycles. The molecule has 0 amide bonds. The molecule has 1 N–H and O–H groups in total. The van der Waals surface area contributed by atoms with Gasteiger partial charge in [0.2, 0.25) is 0 Å². The molecule has 4 heteroatoms. The van der Waals surface area contributed by atoms with Gasteiger partial charge in [-0.2, -0.15) is 0 Å². The van der Waals surface area contributed by atoms with E-state index in [1.165, 1.54) is 32.1 Å². The van der Waals surface area contributed by atoms with Gasteiger partial charge in [-0.25, -0.2) is 0 Å². The molecule has 0 spiro atoms. The Bertz CT molecular complexity index is 210. The van der Waals surface area contributed by atoms with Gasteiger partial charge in [-0.3, -0.25) is 0 Å². The number of hydrogen-bond donors (Lipinski definition) is 1. The summed E-state index contributed by atoms with van der Waals surface area (Å²) in [6.45, 7) is 5.63. The minimum Gasteiger partial charge on any atom is -0.394 e. The van der Waals surface area contributed by atoms with Crippen molar-refractivity contribution in [3.05, 3.63) is 0 Å². The predicted octanol–water partition coefficient (Wildman–Crippen LogP) is 2.88. The summed E-state index contributed by atoms with van der Waals surface area (Å²) in [6.07, 6.45) is 8.23. The van der Waals surface area contributed by atoms with Crippen molar-refractivity contribution in [1.29, 1.82) is 0 Å². The van der Waals surface area contributed by atoms with Gasteiger partial charge in [-0.15, -0.1) is 0 Å².